The van der Waals surface area contributed by atoms with Crippen LogP contribution in [0.15, 0.2) is 158 Å². The summed E-state index contributed by atoms with van der Waals surface area (Å²) in [5.74, 6) is 14.2. The quantitative estimate of drug-likeness (QED) is 0.0968. The topological polar surface area (TPSA) is 221 Å². The van der Waals surface area contributed by atoms with Gasteiger partial charge in [0.2, 0.25) is 0 Å². The van der Waals surface area contributed by atoms with Crippen LogP contribution >= 0.6 is 0 Å². The van der Waals surface area contributed by atoms with Gasteiger partial charge >= 0.3 is 0 Å². The van der Waals surface area contributed by atoms with E-state index in [1.54, 1.807) is 0 Å². The monoisotopic (exact) mass is 1800 g/mol. The largest absolute Gasteiger partial charge is 0.453 e. The zero-order chi connectivity index (χ0) is 97.5. The number of H-pyrrole nitrogens is 2. The highest BCUT2D eigenvalue weighted by atomic mass is 16.5. The van der Waals surface area contributed by atoms with Gasteiger partial charge in [0.25, 0.3) is 0 Å². The Morgan fingerprint density at radius 2 is 0.381 bits per heavy atom. The Morgan fingerprint density at radius 3 is 0.567 bits per heavy atom. The van der Waals surface area contributed by atoms with E-state index in [1.807, 2.05) is 48.5 Å². The number of hydrogen-bond acceptors (Lipinski definition) is 15. The van der Waals surface area contributed by atoms with Gasteiger partial charge < -0.3 is 44.2 Å². The Kier molecular flexibility index (Phi) is 22.9. The van der Waals surface area contributed by atoms with Gasteiger partial charge in [0.1, 0.15) is 68.1 Å². The van der Waals surface area contributed by atoms with Crippen LogP contribution in [0, 0.1) is 0 Å². The molecule has 4 N–H and O–H groups in total. The molecule has 16 rings (SSSR count). The minimum atomic E-state index is -0.261. The molecule has 0 unspecified atom stereocenters. The molecule has 14 aromatic rings. The van der Waals surface area contributed by atoms with Crippen LogP contribution in [0.1, 0.15) is 316 Å². The van der Waals surface area contributed by atoms with Gasteiger partial charge in [-0.2, -0.15) is 4.79 Å². The zero-order valence-corrected chi connectivity index (χ0v) is 86.1. The average molecular weight is 1800 g/mol. The number of aromatic amines is 2. The predicted octanol–water partition coefficient (Wildman–Crippen LogP) is 31.7. The Morgan fingerprint density at radius 1 is 0.209 bits per heavy atom. The Balaban J connectivity index is 1.07. The minimum Gasteiger partial charge on any atom is -0.453 e. The number of nitrogens with one attached hydrogen (secondary N) is 2. The number of ether oxygens (including phenoxy) is 6. The molecular weight excluding hydrogens is 1660 g/mol. The van der Waals surface area contributed by atoms with Gasteiger partial charge in [-0.1, -0.05) is 286 Å². The van der Waals surface area contributed by atoms with E-state index >= 15 is 0 Å². The van der Waals surface area contributed by atoms with Gasteiger partial charge in [-0.25, -0.2) is 29.9 Å². The molecule has 6 heterocycles. The summed E-state index contributed by atoms with van der Waals surface area (Å²) in [6.07, 6.45) is 0. The fraction of sp³-hybridized carbons (Fsp3) is 0.414. The van der Waals surface area contributed by atoms with Crippen molar-refractivity contribution in [2.45, 2.75) is 314 Å². The van der Waals surface area contributed by atoms with Crippen LogP contribution in [0.25, 0.3) is 101 Å². The molecule has 18 heteroatoms. The third-order valence-electron chi connectivity index (χ3n) is 25.8. The van der Waals surface area contributed by atoms with Crippen molar-refractivity contribution < 1.29 is 28.4 Å². The van der Waals surface area contributed by atoms with Crippen molar-refractivity contribution in [2.75, 3.05) is 5.84 Å². The van der Waals surface area contributed by atoms with E-state index in [9.17, 15) is 0 Å². The number of aromatic nitrogens is 11. The molecule has 4 aromatic heterocycles. The van der Waals surface area contributed by atoms with Crippen LogP contribution in [-0.2, 0) is 65.0 Å². The SMILES string of the molecule is CC(C)(C)c1cc(Oc2cc3c(cc2Oc2cc(C(C)(C)C)cc(C(C)(C)C)c2)-c2nc-3nc3[nH]c(nc4nc(nc5[nH]c(n2)c2cc6nnn(N)c6cc52)-c2cc(Oc5cc(C(C)(C)C)cc(C(C)(C)C)c5)c(Oc5cc(C(C)(C)C)cc(C(C)(C)C)c5)cc2-4)c2cc(Oc4cc(C(C)(C)C)cc(C(C)(C)C)c4)c(Oc4cc(C(C)(C)C)cc(C(C)(C)C)c4)cc32)cc(C(C)(C)C)c1. The normalized spacial score (nSPS) is 13.4. The van der Waals surface area contributed by atoms with Crippen molar-refractivity contribution >= 4 is 55.2 Å². The first-order valence-corrected chi connectivity index (χ1v) is 47.2. The molecule has 0 spiro atoms. The summed E-state index contributed by atoms with van der Waals surface area (Å²) in [6.45, 7) is 80.3. The predicted molar refractivity (Wildman–Crippen MR) is 551 cm³/mol. The van der Waals surface area contributed by atoms with Gasteiger partial charge in [0.15, 0.2) is 57.8 Å². The van der Waals surface area contributed by atoms with Crippen LogP contribution in [0.5, 0.6) is 69.0 Å². The van der Waals surface area contributed by atoms with Crippen molar-refractivity contribution in [3.63, 3.8) is 0 Å². The maximum atomic E-state index is 7.57. The summed E-state index contributed by atoms with van der Waals surface area (Å²) in [6, 6.07) is 55.3. The average Bonchev–Trinajstić information content (AvgIpc) is 1.58. The fourth-order valence-corrected chi connectivity index (χ4v) is 16.6. The first kappa shape index (κ1) is 94.7. The van der Waals surface area contributed by atoms with Crippen molar-refractivity contribution in [1.82, 2.24) is 55.0 Å². The summed E-state index contributed by atoms with van der Waals surface area (Å²) >= 11 is 0. The Bertz CT molecular complexity index is 7060. The highest BCUT2D eigenvalue weighted by Gasteiger charge is 2.35. The second-order valence-electron chi connectivity index (χ2n) is 49.7. The lowest BCUT2D eigenvalue weighted by molar-refractivity contribution is 0.414. The summed E-state index contributed by atoms with van der Waals surface area (Å²) in [5.41, 5.74) is 15.2. The molecule has 698 valence electrons. The molecule has 18 nitrogen and oxygen atoms in total. The molecule has 2 aliphatic rings. The van der Waals surface area contributed by atoms with Crippen LogP contribution < -0.4 is 34.3 Å². The Labute approximate surface area is 792 Å². The molecule has 10 aromatic carbocycles. The van der Waals surface area contributed by atoms with Gasteiger partial charge in [0.05, 0.1) is 0 Å². The third-order valence-corrected chi connectivity index (χ3v) is 25.8. The van der Waals surface area contributed by atoms with Gasteiger partial charge in [-0.15, -0.1) is 5.10 Å². The van der Waals surface area contributed by atoms with Gasteiger partial charge in [-0.3, -0.25) is 0 Å². The van der Waals surface area contributed by atoms with E-state index in [0.717, 1.165) is 66.8 Å². The molecule has 2 aliphatic heterocycles. The van der Waals surface area contributed by atoms with E-state index in [2.05, 4.69) is 379 Å². The van der Waals surface area contributed by atoms with Gasteiger partial charge in [-0.05, 0) is 258 Å². The standard InChI is InChI=1S/C116H138N12O6/c1-105(2,3)63-37-64(106(4,5)6)44-75(43-63)129-91-57-83-85(59-93(91)131-77-47-67(109(13,14)15)39-68(48-77)110(16,17)18)101-121-99(83)119-97-81-55-89-90(128(117)127-126-89)56-82(81)98(118-97)120-100-84-58-92(130-76-45-65(107(7,8)9)38-66(46-76)108(10,11)12)94(132-78-49-69(111(19,20)21)40-70(50-78)112(22,23)24)60-86(84)102(122-100)124-104-88-62-96(134-80-53-73(115(31,32)33)42-74(54-80)116(34,35)36)95(61-87(88)103(123-101)125-104)133-79-51-71(113(25,26)27)41-72(52-79)114(28,29)30/h37-62H,117H2,1-36H3,(H2,118,119,120,121,122,123,124,125). The Hall–Kier alpha value is -12.4. The summed E-state index contributed by atoms with van der Waals surface area (Å²) in [7, 11) is 0. The summed E-state index contributed by atoms with van der Waals surface area (Å²) < 4.78 is 45.2. The van der Waals surface area contributed by atoms with E-state index in [-0.39, 0.29) is 65.0 Å². The van der Waals surface area contributed by atoms with E-state index in [4.69, 9.17) is 64.2 Å². The fourth-order valence-electron chi connectivity index (χ4n) is 16.6. The maximum Gasteiger partial charge on any atom is 0.170 e. The van der Waals surface area contributed by atoms with Gasteiger partial charge in [0, 0.05) is 43.8 Å². The maximum absolute atomic E-state index is 7.57. The van der Waals surface area contributed by atoms with Crippen molar-refractivity contribution in [3.8, 4) is 115 Å². The first-order valence-electron chi connectivity index (χ1n) is 47.2. The molecular formula is C116H138N12O6. The molecule has 0 aliphatic carbocycles. The van der Waals surface area contributed by atoms with Crippen molar-refractivity contribution in [3.05, 3.63) is 224 Å². The number of hydrogen-bond donors (Lipinski definition) is 3. The number of rotatable bonds is 12. The minimum absolute atomic E-state index is 0.251. The van der Waals surface area contributed by atoms with Crippen LogP contribution in [0.3, 0.4) is 0 Å². The molecule has 8 bridgehead atoms. The number of nitrogens with zero attached hydrogens (tertiary/aromatic N) is 9. The van der Waals surface area contributed by atoms with Crippen LogP contribution in [0.2, 0.25) is 0 Å². The molecule has 0 atom stereocenters. The van der Waals surface area contributed by atoms with Crippen molar-refractivity contribution in [2.24, 2.45) is 0 Å². The third kappa shape index (κ3) is 19.6. The smallest absolute Gasteiger partial charge is 0.170 e. The highest BCUT2D eigenvalue weighted by molar-refractivity contribution is 6.11. The second-order valence-corrected chi connectivity index (χ2v) is 49.7. The lowest BCUT2D eigenvalue weighted by atomic mass is 9.80. The van der Waals surface area contributed by atoms with Crippen molar-refractivity contribution in [1.29, 1.82) is 0 Å². The van der Waals surface area contributed by atoms with E-state index in [1.165, 1.54) is 4.79 Å². The molecule has 0 radical (unpaired) electrons. The second kappa shape index (κ2) is 32.4. The summed E-state index contributed by atoms with van der Waals surface area (Å²) in [4.78, 5) is 43.3. The van der Waals surface area contributed by atoms with Crippen LogP contribution in [0.4, 0.5) is 0 Å². The van der Waals surface area contributed by atoms with E-state index < -0.39 is 0 Å². The molecule has 0 saturated carbocycles. The lowest BCUT2D eigenvalue weighted by Crippen LogP contribution is -2.16. The molecule has 134 heavy (non-hydrogen) atoms. The first-order chi connectivity index (χ1) is 61.7. The molecule has 0 saturated heterocycles. The number of nitrogen functional groups attached to an aromatic ring is 1. The van der Waals surface area contributed by atoms with E-state index in [0.29, 0.717) is 170 Å². The highest BCUT2D eigenvalue weighted by Crippen LogP contribution is 2.53. The number of benzene rings is 10. The number of fused-ring (bicyclic) bond motifs is 21. The zero-order valence-electron chi connectivity index (χ0n) is 86.1. The van der Waals surface area contributed by atoms with Crippen LogP contribution in [-0.4, -0.2) is 55.0 Å². The lowest BCUT2D eigenvalue weighted by Gasteiger charge is -2.27. The molecule has 0 fully saturated rings. The molecule has 0 amide bonds. The summed E-state index contributed by atoms with van der Waals surface area (Å²) in [5, 5.41) is 11.4. The number of nitrogens with two attached hydrogens (primary N) is 1.